The van der Waals surface area contributed by atoms with Gasteiger partial charge in [-0.1, -0.05) is 18.6 Å². The zero-order valence-electron chi connectivity index (χ0n) is 13.1. The minimum absolute atomic E-state index is 0.209. The van der Waals surface area contributed by atoms with Crippen LogP contribution in [0.4, 0.5) is 0 Å². The average molecular weight is 297 g/mol. The van der Waals surface area contributed by atoms with Gasteiger partial charge >= 0.3 is 0 Å². The van der Waals surface area contributed by atoms with Gasteiger partial charge in [-0.05, 0) is 49.3 Å². The Balaban J connectivity index is 1.71. The number of ketones is 1. The molecule has 116 valence electrons. The van der Waals surface area contributed by atoms with Crippen molar-refractivity contribution in [1.82, 2.24) is 4.90 Å². The fourth-order valence-corrected chi connectivity index (χ4v) is 4.63. The van der Waals surface area contributed by atoms with Crippen molar-refractivity contribution < 1.29 is 9.53 Å². The first-order valence-corrected chi connectivity index (χ1v) is 8.44. The second-order valence-corrected chi connectivity index (χ2v) is 6.80. The molecule has 1 aromatic rings. The number of methoxy groups -OCH3 is 1. The van der Waals surface area contributed by atoms with Crippen LogP contribution >= 0.6 is 0 Å². The molecule has 0 radical (unpaired) electrons. The fourth-order valence-electron chi connectivity index (χ4n) is 4.63. The van der Waals surface area contributed by atoms with Crippen molar-refractivity contribution >= 4 is 11.4 Å². The zero-order valence-corrected chi connectivity index (χ0v) is 13.1. The third-order valence-electron chi connectivity index (χ3n) is 5.66. The van der Waals surface area contributed by atoms with E-state index in [0.29, 0.717) is 11.8 Å². The molecular weight excluding hydrogens is 274 g/mol. The minimum atomic E-state index is 0.209. The van der Waals surface area contributed by atoms with Gasteiger partial charge in [-0.25, -0.2) is 0 Å². The van der Waals surface area contributed by atoms with E-state index in [1.54, 1.807) is 7.11 Å². The van der Waals surface area contributed by atoms with Crippen LogP contribution in [0.1, 0.15) is 37.7 Å². The summed E-state index contributed by atoms with van der Waals surface area (Å²) in [7, 11) is 1.67. The summed E-state index contributed by atoms with van der Waals surface area (Å²) in [6.45, 7) is 1.10. The highest BCUT2D eigenvalue weighted by Gasteiger charge is 2.45. The number of nitrogens with zero attached hydrogens (tertiary/aromatic N) is 1. The molecule has 3 nitrogen and oxygen atoms in total. The number of rotatable bonds is 2. The normalized spacial score (nSPS) is 30.6. The molecule has 4 rings (SSSR count). The van der Waals surface area contributed by atoms with E-state index in [1.165, 1.54) is 25.7 Å². The van der Waals surface area contributed by atoms with Gasteiger partial charge in [0.05, 0.1) is 7.11 Å². The molecule has 3 heteroatoms. The maximum Gasteiger partial charge on any atom is 0.170 e. The van der Waals surface area contributed by atoms with Gasteiger partial charge in [0.2, 0.25) is 0 Å². The quantitative estimate of drug-likeness (QED) is 0.837. The summed E-state index contributed by atoms with van der Waals surface area (Å²) in [6.07, 6.45) is 8.27. The highest BCUT2D eigenvalue weighted by Crippen LogP contribution is 2.44. The minimum Gasteiger partial charge on any atom is -0.497 e. The molecule has 0 bridgehead atoms. The lowest BCUT2D eigenvalue weighted by molar-refractivity contribution is -0.123. The Bertz CT molecular complexity index is 602. The van der Waals surface area contributed by atoms with E-state index in [4.69, 9.17) is 4.74 Å². The number of allylic oxidation sites excluding steroid dienone is 1. The number of hydrogen-bond acceptors (Lipinski definition) is 3. The van der Waals surface area contributed by atoms with Crippen molar-refractivity contribution in [2.24, 2.45) is 11.8 Å². The number of hydrogen-bond donors (Lipinski definition) is 0. The van der Waals surface area contributed by atoms with Gasteiger partial charge in [0, 0.05) is 30.3 Å². The molecule has 1 aliphatic carbocycles. The second-order valence-electron chi connectivity index (χ2n) is 6.80. The van der Waals surface area contributed by atoms with Gasteiger partial charge in [0.1, 0.15) is 5.75 Å². The molecule has 3 aliphatic rings. The number of Topliss-reactive ketones (excluding diaryl/α,β-unsaturated/α-hetero) is 1. The Morgan fingerprint density at radius 1 is 1.09 bits per heavy atom. The molecule has 22 heavy (non-hydrogen) atoms. The third kappa shape index (κ3) is 2.15. The molecule has 0 spiro atoms. The predicted octanol–water partition coefficient (Wildman–Crippen LogP) is 3.50. The van der Waals surface area contributed by atoms with E-state index >= 15 is 0 Å². The summed E-state index contributed by atoms with van der Waals surface area (Å²) in [5.74, 6) is 2.13. The standard InChI is InChI=1S/C19H23NO2/c1-22-15-9-7-13(8-10-15)17-12-20-11-3-5-14-4-2-6-16(18(14)20)19(17)21/h7-10,12,14,16,18H,2-6,11H2,1H3/t14-,16-,18?/m0/s1. The monoisotopic (exact) mass is 297 g/mol. The van der Waals surface area contributed by atoms with Crippen LogP contribution in [0, 0.1) is 11.8 Å². The van der Waals surface area contributed by atoms with Crippen LogP contribution in [0.2, 0.25) is 0 Å². The largest absolute Gasteiger partial charge is 0.497 e. The smallest absolute Gasteiger partial charge is 0.170 e. The average Bonchev–Trinajstić information content (AvgIpc) is 2.58. The van der Waals surface area contributed by atoms with E-state index in [9.17, 15) is 4.79 Å². The Labute approximate surface area is 132 Å². The molecule has 0 N–H and O–H groups in total. The molecule has 0 aromatic heterocycles. The van der Waals surface area contributed by atoms with Gasteiger partial charge in [0.25, 0.3) is 0 Å². The van der Waals surface area contributed by atoms with Crippen molar-refractivity contribution in [3.05, 3.63) is 36.0 Å². The third-order valence-corrected chi connectivity index (χ3v) is 5.66. The summed E-state index contributed by atoms with van der Waals surface area (Å²) in [5, 5.41) is 0. The lowest BCUT2D eigenvalue weighted by atomic mass is 9.68. The van der Waals surface area contributed by atoms with E-state index in [0.717, 1.165) is 35.8 Å². The van der Waals surface area contributed by atoms with Crippen LogP contribution in [0.3, 0.4) is 0 Å². The van der Waals surface area contributed by atoms with Crippen LogP contribution in [-0.4, -0.2) is 30.4 Å². The topological polar surface area (TPSA) is 29.5 Å². The SMILES string of the molecule is COc1ccc(C2=CN3CCC[C@@H]4CCC[C@H](C2=O)C43)cc1. The van der Waals surface area contributed by atoms with Gasteiger partial charge in [-0.3, -0.25) is 4.79 Å². The zero-order chi connectivity index (χ0) is 15.1. The van der Waals surface area contributed by atoms with E-state index in [2.05, 4.69) is 11.1 Å². The van der Waals surface area contributed by atoms with E-state index in [-0.39, 0.29) is 5.92 Å². The maximum absolute atomic E-state index is 13.0. The van der Waals surface area contributed by atoms with Crippen LogP contribution in [0.25, 0.3) is 5.57 Å². The molecule has 2 heterocycles. The summed E-state index contributed by atoms with van der Waals surface area (Å²) < 4.78 is 5.22. The van der Waals surface area contributed by atoms with Crippen molar-refractivity contribution in [2.45, 2.75) is 38.1 Å². The first-order chi connectivity index (χ1) is 10.8. The van der Waals surface area contributed by atoms with Crippen molar-refractivity contribution in [3.63, 3.8) is 0 Å². The molecule has 2 aliphatic heterocycles. The highest BCUT2D eigenvalue weighted by molar-refractivity contribution is 6.22. The Hall–Kier alpha value is -1.77. The van der Waals surface area contributed by atoms with Gasteiger partial charge in [-0.15, -0.1) is 0 Å². The van der Waals surface area contributed by atoms with Crippen molar-refractivity contribution in [3.8, 4) is 5.75 Å². The van der Waals surface area contributed by atoms with E-state index in [1.807, 2.05) is 24.3 Å². The first-order valence-electron chi connectivity index (χ1n) is 8.44. The van der Waals surface area contributed by atoms with Crippen LogP contribution in [0.5, 0.6) is 5.75 Å². The number of carbonyl (C=O) groups is 1. The fraction of sp³-hybridized carbons (Fsp3) is 0.526. The molecule has 2 fully saturated rings. The Morgan fingerprint density at radius 3 is 2.64 bits per heavy atom. The summed E-state index contributed by atoms with van der Waals surface area (Å²) >= 11 is 0. The maximum atomic E-state index is 13.0. The summed E-state index contributed by atoms with van der Waals surface area (Å²) in [4.78, 5) is 15.5. The van der Waals surface area contributed by atoms with Gasteiger partial charge in [0.15, 0.2) is 5.78 Å². The van der Waals surface area contributed by atoms with Crippen molar-refractivity contribution in [1.29, 1.82) is 0 Å². The summed E-state index contributed by atoms with van der Waals surface area (Å²) in [5.41, 5.74) is 1.92. The molecule has 1 saturated carbocycles. The molecule has 3 atom stereocenters. The molecule has 0 amide bonds. The Kier molecular flexibility index (Phi) is 3.44. The highest BCUT2D eigenvalue weighted by atomic mass is 16.5. The van der Waals surface area contributed by atoms with Crippen LogP contribution < -0.4 is 4.74 Å². The van der Waals surface area contributed by atoms with Gasteiger partial charge in [-0.2, -0.15) is 0 Å². The van der Waals surface area contributed by atoms with Crippen LogP contribution in [0.15, 0.2) is 30.5 Å². The lowest BCUT2D eigenvalue weighted by Crippen LogP contribution is -2.53. The number of piperidine rings is 1. The number of benzene rings is 1. The van der Waals surface area contributed by atoms with E-state index < -0.39 is 0 Å². The molecule has 1 unspecified atom stereocenters. The lowest BCUT2D eigenvalue weighted by Gasteiger charge is -2.50. The van der Waals surface area contributed by atoms with Gasteiger partial charge < -0.3 is 9.64 Å². The predicted molar refractivity (Wildman–Crippen MR) is 86.5 cm³/mol. The molecular formula is C19H23NO2. The van der Waals surface area contributed by atoms with Crippen LogP contribution in [-0.2, 0) is 4.79 Å². The summed E-state index contributed by atoms with van der Waals surface area (Å²) in [6, 6.07) is 8.36. The second kappa shape index (κ2) is 5.45. The molecule has 1 aromatic carbocycles. The Morgan fingerprint density at radius 2 is 1.86 bits per heavy atom. The first kappa shape index (κ1) is 13.9. The number of carbonyl (C=O) groups excluding carboxylic acids is 1. The van der Waals surface area contributed by atoms with Crippen molar-refractivity contribution in [2.75, 3.05) is 13.7 Å². The number of ether oxygens (including phenoxy) is 1. The molecule has 1 saturated heterocycles.